The number of nitrogens with one attached hydrogen (secondary N) is 1. The molecule has 0 aliphatic carbocycles. The Kier molecular flexibility index (Phi) is 5.53. The first kappa shape index (κ1) is 15.2. The quantitative estimate of drug-likeness (QED) is 0.391. The van der Waals surface area contributed by atoms with E-state index in [0.717, 1.165) is 6.07 Å². The van der Waals surface area contributed by atoms with E-state index >= 15 is 0 Å². The minimum absolute atomic E-state index is 0.0526. The molecule has 102 valence electrons. The molecule has 1 N–H and O–H groups in total. The molecule has 0 bridgehead atoms. The predicted molar refractivity (Wildman–Crippen MR) is 71.7 cm³/mol. The van der Waals surface area contributed by atoms with Crippen LogP contribution in [0.2, 0.25) is 5.02 Å². The minimum atomic E-state index is -0.826. The number of hydrazone groups is 1. The maximum absolute atomic E-state index is 11.2. The Labute approximate surface area is 118 Å². The number of hydrogen-bond acceptors (Lipinski definition) is 6. The fraction of sp³-hybridized carbons (Fsp3) is 0.200. The molecule has 7 nitrogen and oxygen atoms in total. The second kappa shape index (κ2) is 6.91. The van der Waals surface area contributed by atoms with E-state index in [1.54, 1.807) is 6.92 Å². The lowest BCUT2D eigenvalue weighted by Crippen LogP contribution is -2.13. The number of nitrogens with zero attached hydrogens (tertiary/aromatic N) is 2. The number of esters is 1. The van der Waals surface area contributed by atoms with Gasteiger partial charge in [-0.2, -0.15) is 5.10 Å². The van der Waals surface area contributed by atoms with Crippen molar-refractivity contribution in [3.63, 3.8) is 0 Å². The van der Waals surface area contributed by atoms with Crippen LogP contribution in [0.15, 0.2) is 23.3 Å². The molecule has 0 spiro atoms. The van der Waals surface area contributed by atoms with E-state index < -0.39 is 16.1 Å². The van der Waals surface area contributed by atoms with E-state index in [1.165, 1.54) is 12.1 Å². The van der Waals surface area contributed by atoms with Gasteiger partial charge in [-0.05, 0) is 19.1 Å². The van der Waals surface area contributed by atoms with Crippen molar-refractivity contribution in [2.75, 3.05) is 12.0 Å². The van der Waals surface area contributed by atoms with E-state index in [2.05, 4.69) is 15.3 Å². The summed E-state index contributed by atoms with van der Waals surface area (Å²) in [5.41, 5.74) is 2.08. The van der Waals surface area contributed by atoms with Gasteiger partial charge in [-0.1, -0.05) is 23.2 Å². The SMILES string of the molecule is CCOC(=O)C(Cl)=NNc1ccc(Cl)cc1[N+](=O)[O-]. The standard InChI is InChI=1S/C10H9Cl2N3O4/c1-2-19-10(16)9(12)14-13-7-4-3-6(11)5-8(7)15(17)18/h3-5,13H,2H2,1H3. The highest BCUT2D eigenvalue weighted by molar-refractivity contribution is 6.82. The topological polar surface area (TPSA) is 93.8 Å². The van der Waals surface area contributed by atoms with E-state index in [9.17, 15) is 14.9 Å². The number of rotatable bonds is 5. The lowest BCUT2D eigenvalue weighted by molar-refractivity contribution is -0.383. The third-order valence-electron chi connectivity index (χ3n) is 1.87. The first-order valence-electron chi connectivity index (χ1n) is 5.06. The summed E-state index contributed by atoms with van der Waals surface area (Å²) in [5, 5.41) is 14.0. The summed E-state index contributed by atoms with van der Waals surface area (Å²) in [5.74, 6) is -0.826. The second-order valence-electron chi connectivity index (χ2n) is 3.15. The lowest BCUT2D eigenvalue weighted by Gasteiger charge is -2.03. The van der Waals surface area contributed by atoms with Crippen LogP contribution in [-0.4, -0.2) is 22.7 Å². The molecule has 9 heteroatoms. The van der Waals surface area contributed by atoms with Crippen LogP contribution < -0.4 is 5.43 Å². The summed E-state index contributed by atoms with van der Waals surface area (Å²) < 4.78 is 4.59. The summed E-state index contributed by atoms with van der Waals surface area (Å²) in [6.07, 6.45) is 0. The number of hydrogen-bond donors (Lipinski definition) is 1. The van der Waals surface area contributed by atoms with Crippen molar-refractivity contribution < 1.29 is 14.5 Å². The fourth-order valence-corrected chi connectivity index (χ4v) is 1.36. The molecule has 0 aliphatic heterocycles. The van der Waals surface area contributed by atoms with Crippen LogP contribution >= 0.6 is 23.2 Å². The average Bonchev–Trinajstić information content (AvgIpc) is 2.36. The molecule has 0 heterocycles. The number of carbonyl (C=O) groups excluding carboxylic acids is 1. The van der Waals surface area contributed by atoms with Crippen molar-refractivity contribution in [1.82, 2.24) is 0 Å². The van der Waals surface area contributed by atoms with Gasteiger partial charge >= 0.3 is 5.97 Å². The van der Waals surface area contributed by atoms with Gasteiger partial charge in [0.05, 0.1) is 11.5 Å². The van der Waals surface area contributed by atoms with Crippen molar-refractivity contribution in [3.05, 3.63) is 33.3 Å². The molecule has 0 aromatic heterocycles. The van der Waals surface area contributed by atoms with Crippen molar-refractivity contribution in [2.24, 2.45) is 5.10 Å². The molecule has 1 aromatic carbocycles. The van der Waals surface area contributed by atoms with Gasteiger partial charge in [0.1, 0.15) is 5.69 Å². The summed E-state index contributed by atoms with van der Waals surface area (Å²) in [6.45, 7) is 1.76. The van der Waals surface area contributed by atoms with Crippen molar-refractivity contribution in [1.29, 1.82) is 0 Å². The fourth-order valence-electron chi connectivity index (χ4n) is 1.10. The van der Waals surface area contributed by atoms with Gasteiger partial charge in [-0.15, -0.1) is 0 Å². The maximum Gasteiger partial charge on any atom is 0.370 e. The van der Waals surface area contributed by atoms with E-state index in [-0.39, 0.29) is 23.0 Å². The number of ether oxygens (including phenoxy) is 1. The van der Waals surface area contributed by atoms with Crippen LogP contribution in [0.25, 0.3) is 0 Å². The molecule has 0 unspecified atom stereocenters. The second-order valence-corrected chi connectivity index (χ2v) is 3.95. The van der Waals surface area contributed by atoms with Crippen molar-refractivity contribution in [2.45, 2.75) is 6.92 Å². The highest BCUT2D eigenvalue weighted by atomic mass is 35.5. The average molecular weight is 306 g/mol. The first-order valence-corrected chi connectivity index (χ1v) is 5.81. The van der Waals surface area contributed by atoms with Crippen LogP contribution in [0.1, 0.15) is 6.92 Å². The zero-order valence-corrected chi connectivity index (χ0v) is 11.2. The van der Waals surface area contributed by atoms with Gasteiger partial charge < -0.3 is 4.74 Å². The maximum atomic E-state index is 11.2. The molecule has 19 heavy (non-hydrogen) atoms. The minimum Gasteiger partial charge on any atom is -0.461 e. The predicted octanol–water partition coefficient (Wildman–Crippen LogP) is 2.78. The number of anilines is 1. The summed E-state index contributed by atoms with van der Waals surface area (Å²) in [4.78, 5) is 21.3. The Bertz CT molecular complexity index is 534. The van der Waals surface area contributed by atoms with Crippen LogP contribution in [0, 0.1) is 10.1 Å². The largest absolute Gasteiger partial charge is 0.461 e. The monoisotopic (exact) mass is 305 g/mol. The molecule has 1 rings (SSSR count). The molecule has 0 amide bonds. The van der Waals surface area contributed by atoms with Gasteiger partial charge in [0.15, 0.2) is 0 Å². The van der Waals surface area contributed by atoms with Crippen LogP contribution in [0.5, 0.6) is 0 Å². The normalized spacial score (nSPS) is 11.0. The molecule has 0 aliphatic rings. The van der Waals surface area contributed by atoms with E-state index in [0.29, 0.717) is 0 Å². The molecule has 0 radical (unpaired) electrons. The number of carbonyl (C=O) groups is 1. The first-order chi connectivity index (χ1) is 8.95. The van der Waals surface area contributed by atoms with Crippen LogP contribution in [0.4, 0.5) is 11.4 Å². The van der Waals surface area contributed by atoms with Gasteiger partial charge in [0.2, 0.25) is 5.17 Å². The van der Waals surface area contributed by atoms with Gasteiger partial charge in [0.25, 0.3) is 5.69 Å². The molecular formula is C10H9Cl2N3O4. The third kappa shape index (κ3) is 4.38. The van der Waals surface area contributed by atoms with Gasteiger partial charge in [0, 0.05) is 11.1 Å². The smallest absolute Gasteiger partial charge is 0.370 e. The Morgan fingerprint density at radius 1 is 1.58 bits per heavy atom. The van der Waals surface area contributed by atoms with E-state index in [1.807, 2.05) is 0 Å². The molecule has 0 fully saturated rings. The van der Waals surface area contributed by atoms with Crippen LogP contribution in [-0.2, 0) is 9.53 Å². The summed E-state index contributed by atoms with van der Waals surface area (Å²) >= 11 is 11.2. The third-order valence-corrected chi connectivity index (χ3v) is 2.35. The Hall–Kier alpha value is -1.86. The molecule has 0 atom stereocenters. The molecular weight excluding hydrogens is 297 g/mol. The number of benzene rings is 1. The van der Waals surface area contributed by atoms with Gasteiger partial charge in [-0.25, -0.2) is 4.79 Å². The number of nitro groups is 1. The summed E-state index contributed by atoms with van der Waals surface area (Å²) in [6, 6.07) is 3.93. The number of halogens is 2. The van der Waals surface area contributed by atoms with Gasteiger partial charge in [-0.3, -0.25) is 15.5 Å². The van der Waals surface area contributed by atoms with Crippen molar-refractivity contribution >= 4 is 45.7 Å². The Morgan fingerprint density at radius 2 is 2.26 bits per heavy atom. The molecule has 0 saturated heterocycles. The Morgan fingerprint density at radius 3 is 2.84 bits per heavy atom. The van der Waals surface area contributed by atoms with Crippen LogP contribution in [0.3, 0.4) is 0 Å². The highest BCUT2D eigenvalue weighted by Crippen LogP contribution is 2.27. The summed E-state index contributed by atoms with van der Waals surface area (Å²) in [7, 11) is 0. The molecule has 0 saturated carbocycles. The van der Waals surface area contributed by atoms with Crippen molar-refractivity contribution in [3.8, 4) is 0 Å². The number of nitro benzene ring substituents is 1. The zero-order valence-electron chi connectivity index (χ0n) is 9.72. The Balaban J connectivity index is 2.91. The molecule has 1 aromatic rings. The zero-order chi connectivity index (χ0) is 14.4. The lowest BCUT2D eigenvalue weighted by atomic mass is 10.3. The van der Waals surface area contributed by atoms with E-state index in [4.69, 9.17) is 23.2 Å². The highest BCUT2D eigenvalue weighted by Gasteiger charge is 2.15.